The molecule has 36 nitrogen and oxygen atoms in total. The van der Waals surface area contributed by atoms with Crippen molar-refractivity contribution in [2.75, 3.05) is 46.8 Å². The Hall–Kier alpha value is -4.89. The zero-order chi connectivity index (χ0) is 72.5. The molecular weight excluding hydrogens is 1320 g/mol. The number of allylic oxidation sites excluding steroid dienone is 2. The Morgan fingerprint density at radius 1 is 0.465 bits per heavy atom. The van der Waals surface area contributed by atoms with Gasteiger partial charge in [0, 0.05) is 40.4 Å². The molecule has 30 atom stereocenters. The second-order valence-corrected chi connectivity index (χ2v) is 25.3. The number of nitrogens with one attached hydrogen (secondary N) is 5. The van der Waals surface area contributed by atoms with Crippen LogP contribution in [0.2, 0.25) is 0 Å². The van der Waals surface area contributed by atoms with Crippen LogP contribution >= 0.6 is 0 Å². The van der Waals surface area contributed by atoms with Crippen molar-refractivity contribution in [2.24, 2.45) is 0 Å². The number of aliphatic hydroxyl groups excluding tert-OH is 13. The maximum Gasteiger partial charge on any atom is 0.251 e. The number of ether oxygens (including phenoxy) is 13. The third-order valence-corrected chi connectivity index (χ3v) is 17.8. The Morgan fingerprint density at radius 3 is 1.35 bits per heavy atom. The van der Waals surface area contributed by atoms with Gasteiger partial charge in [0.05, 0.1) is 45.7 Å². The summed E-state index contributed by atoms with van der Waals surface area (Å²) in [5, 5.41) is 158. The van der Waals surface area contributed by atoms with E-state index in [-0.39, 0.29) is 5.56 Å². The van der Waals surface area contributed by atoms with Crippen molar-refractivity contribution in [3.8, 4) is 5.75 Å². The van der Waals surface area contributed by atoms with E-state index >= 15 is 0 Å². The third-order valence-electron chi connectivity index (χ3n) is 17.8. The highest BCUT2D eigenvalue weighted by molar-refractivity contribution is 5.94. The molecular formula is C63H101N5O31. The molecule has 0 spiro atoms. The van der Waals surface area contributed by atoms with E-state index in [0.717, 1.165) is 53.4 Å². The first kappa shape index (κ1) is 81.4. The van der Waals surface area contributed by atoms with Crippen LogP contribution in [0.15, 0.2) is 36.4 Å². The van der Waals surface area contributed by atoms with Gasteiger partial charge in [0.25, 0.3) is 5.91 Å². The van der Waals surface area contributed by atoms with E-state index in [1.54, 1.807) is 12.1 Å². The summed E-state index contributed by atoms with van der Waals surface area (Å²) in [6.07, 6.45) is -32.0. The summed E-state index contributed by atoms with van der Waals surface area (Å²) in [5.74, 6) is -3.67. The smallest absolute Gasteiger partial charge is 0.251 e. The second-order valence-electron chi connectivity index (χ2n) is 25.3. The number of benzene rings is 1. The molecule has 6 heterocycles. The lowest BCUT2D eigenvalue weighted by Crippen LogP contribution is -2.72. The predicted octanol–water partition coefficient (Wildman–Crippen LogP) is -6.72. The van der Waals surface area contributed by atoms with E-state index < -0.39 is 246 Å². The van der Waals surface area contributed by atoms with E-state index in [4.69, 9.17) is 61.6 Å². The van der Waals surface area contributed by atoms with Crippen molar-refractivity contribution in [1.29, 1.82) is 0 Å². The number of carbonyl (C=O) groups excluding carboxylic acids is 5. The van der Waals surface area contributed by atoms with Crippen LogP contribution in [0.1, 0.15) is 96.8 Å². The molecule has 18 N–H and O–H groups in total. The van der Waals surface area contributed by atoms with Gasteiger partial charge in [-0.25, -0.2) is 0 Å². The van der Waals surface area contributed by atoms with Gasteiger partial charge in [-0.05, 0) is 50.8 Å². The molecule has 99 heavy (non-hydrogen) atoms. The minimum Gasteiger partial charge on any atom is -0.494 e. The normalized spacial score (nSPS) is 39.6. The number of methoxy groups -OCH3 is 1. The number of carbonyl (C=O) groups is 5. The highest BCUT2D eigenvalue weighted by Gasteiger charge is 2.58. The zero-order valence-corrected chi connectivity index (χ0v) is 56.1. The van der Waals surface area contributed by atoms with Crippen LogP contribution in [-0.4, -0.2) is 327 Å². The highest BCUT2D eigenvalue weighted by Crippen LogP contribution is 2.37. The van der Waals surface area contributed by atoms with E-state index in [0.29, 0.717) is 18.8 Å². The molecule has 564 valence electrons. The maximum absolute atomic E-state index is 14.0. The van der Waals surface area contributed by atoms with Crippen LogP contribution in [0.25, 0.3) is 0 Å². The Balaban J connectivity index is 1.07. The summed E-state index contributed by atoms with van der Waals surface area (Å²) >= 11 is 0. The number of aliphatic hydroxyl groups is 13. The van der Waals surface area contributed by atoms with Crippen LogP contribution in [0.4, 0.5) is 0 Å². The van der Waals surface area contributed by atoms with Gasteiger partial charge in [-0.1, -0.05) is 44.4 Å². The SMILES string of the molecule is CCCCCC/C=C\CCCOc1cccc(C(=O)N[C@@H]2C(O[C@H]3C(O)C(NC(C)=O)C(O[C@@H]4C(CO)O[C@@H](O[C@H]5C(O)C(NC(C)=O)C(OC6C(CO[C@@H]7OC(C)C(O)[C@H](O)[C@H]7OC)O[C@@H](O)[C@@H](NC(C)=O)[C@H]6O)O[C@H]5CO)[C@@H](NC(C)=O)C4O)O[C@H]3CO)OC(CO)[C@@H](O)[C@@H]2O)c1. The van der Waals surface area contributed by atoms with E-state index in [1.807, 2.05) is 0 Å². The molecule has 0 saturated carbocycles. The van der Waals surface area contributed by atoms with E-state index in [1.165, 1.54) is 39.0 Å². The lowest BCUT2D eigenvalue weighted by atomic mass is 9.93. The molecule has 0 aromatic heterocycles. The molecule has 0 radical (unpaired) electrons. The molecule has 1 aromatic carbocycles. The first-order chi connectivity index (χ1) is 47.2. The van der Waals surface area contributed by atoms with Gasteiger partial charge in [-0.15, -0.1) is 0 Å². The first-order valence-corrected chi connectivity index (χ1v) is 33.2. The minimum absolute atomic E-state index is 0.0482. The topological polar surface area (TPSA) is 528 Å². The van der Waals surface area contributed by atoms with Crippen molar-refractivity contribution in [3.05, 3.63) is 42.0 Å². The molecule has 7 rings (SSSR count). The molecule has 6 aliphatic heterocycles. The largest absolute Gasteiger partial charge is 0.494 e. The summed E-state index contributed by atoms with van der Waals surface area (Å²) in [6.45, 7) is 3.52. The quantitative estimate of drug-likeness (QED) is 0.0235. The Labute approximate surface area is 571 Å². The van der Waals surface area contributed by atoms with E-state index in [2.05, 4.69) is 45.7 Å². The number of amides is 5. The van der Waals surface area contributed by atoms with Gasteiger partial charge < -0.3 is 155 Å². The minimum atomic E-state index is -2.07. The van der Waals surface area contributed by atoms with E-state index in [9.17, 15) is 90.4 Å². The Bertz CT molecular complexity index is 2730. The van der Waals surface area contributed by atoms with Gasteiger partial charge >= 0.3 is 0 Å². The average molecular weight is 1420 g/mol. The summed E-state index contributed by atoms with van der Waals surface area (Å²) in [5.41, 5.74) is 0.0482. The zero-order valence-electron chi connectivity index (χ0n) is 56.1. The molecule has 14 unspecified atom stereocenters. The monoisotopic (exact) mass is 1420 g/mol. The number of hydrogen-bond donors (Lipinski definition) is 18. The molecule has 6 aliphatic rings. The van der Waals surface area contributed by atoms with Crippen molar-refractivity contribution >= 4 is 29.5 Å². The molecule has 0 bridgehead atoms. The highest BCUT2D eigenvalue weighted by atomic mass is 16.8. The van der Waals surface area contributed by atoms with Gasteiger partial charge in [-0.3, -0.25) is 24.0 Å². The molecule has 36 heteroatoms. The third kappa shape index (κ3) is 20.9. The van der Waals surface area contributed by atoms with Gasteiger partial charge in [0.1, 0.15) is 146 Å². The molecule has 1 aromatic rings. The Morgan fingerprint density at radius 2 is 0.899 bits per heavy atom. The fourth-order valence-corrected chi connectivity index (χ4v) is 12.7. The van der Waals surface area contributed by atoms with Crippen molar-refractivity contribution in [2.45, 2.75) is 270 Å². The summed E-state index contributed by atoms with van der Waals surface area (Å²) < 4.78 is 77.9. The van der Waals surface area contributed by atoms with Crippen molar-refractivity contribution in [1.82, 2.24) is 26.6 Å². The van der Waals surface area contributed by atoms with Crippen LogP contribution in [-0.2, 0) is 76.0 Å². The average Bonchev–Trinajstić information content (AvgIpc) is 0.771. The summed E-state index contributed by atoms with van der Waals surface area (Å²) in [7, 11) is 1.21. The van der Waals surface area contributed by atoms with Gasteiger partial charge in [0.2, 0.25) is 23.6 Å². The molecule has 6 fully saturated rings. The van der Waals surface area contributed by atoms with Crippen LogP contribution in [0.5, 0.6) is 5.75 Å². The van der Waals surface area contributed by atoms with Crippen LogP contribution < -0.4 is 31.3 Å². The number of rotatable bonds is 32. The second kappa shape index (κ2) is 38.6. The number of hydrogen-bond acceptors (Lipinski definition) is 31. The van der Waals surface area contributed by atoms with Crippen LogP contribution in [0.3, 0.4) is 0 Å². The summed E-state index contributed by atoms with van der Waals surface area (Å²) in [4.78, 5) is 65.1. The van der Waals surface area contributed by atoms with Gasteiger partial charge in [0.15, 0.2) is 37.7 Å². The fraction of sp³-hybridized carbons (Fsp3) is 0.794. The first-order valence-electron chi connectivity index (χ1n) is 33.2. The fourth-order valence-electron chi connectivity index (χ4n) is 12.7. The lowest BCUT2D eigenvalue weighted by Gasteiger charge is -2.51. The van der Waals surface area contributed by atoms with Crippen molar-refractivity contribution in [3.63, 3.8) is 0 Å². The molecule has 6 saturated heterocycles. The molecule has 0 aliphatic carbocycles. The maximum atomic E-state index is 14.0. The standard InChI is InChI=1S/C63H101N5O31/c1-8-9-10-11-12-13-14-15-16-20-88-33-19-17-18-32(21-33)57(85)68-40-46(79)45(78)34(22-69)92-59(40)96-52-35(23-70)93-60(41(48(52)81)65-29(4)74)97-53-36(24-71)94-61(42(49(53)82)66-30(5)75)98-54-37(25-72)95-62(43(50(54)83)67-31(6)76)99-55-38(91-58(86)39(47(55)80)64-28(3)73)26-89-63-56(87-7)51(84)44(77)27(2)90-63/h13-14,17-19,21,27,34-56,58-63,69-72,77-84,86H,8-12,15-16,20,22-26H2,1-7H3,(H,64,73)(H,65,74)(H,66,75)(H,67,76)(H,68,85)/b14-13-/t27?,34?,35-,36?,37-,38?,39-,40-,41?,42-,43?,44?,45+,46+,47+,48?,49?,50?,51-,52+,53+,54+,55?,56+,58+,59?,60?,61-,62?,63+/m0/s1. The summed E-state index contributed by atoms with van der Waals surface area (Å²) in [6, 6.07) is -2.45. The lowest BCUT2D eigenvalue weighted by molar-refractivity contribution is -0.368. The van der Waals surface area contributed by atoms with Crippen molar-refractivity contribution < 1.29 is 152 Å². The number of unbranched alkanes of at least 4 members (excludes halogenated alkanes) is 5. The van der Waals surface area contributed by atoms with Gasteiger partial charge in [-0.2, -0.15) is 0 Å². The van der Waals surface area contributed by atoms with Crippen LogP contribution in [0, 0.1) is 0 Å². The predicted molar refractivity (Wildman–Crippen MR) is 333 cm³/mol. The molecule has 5 amide bonds. The Kier molecular flexibility index (Phi) is 31.7.